The lowest BCUT2D eigenvalue weighted by Crippen LogP contribution is -2.11. The Kier molecular flexibility index (Phi) is 4.33. The Morgan fingerprint density at radius 1 is 1.44 bits per heavy atom. The summed E-state index contributed by atoms with van der Waals surface area (Å²) >= 11 is 1.68. The Labute approximate surface area is 112 Å². The fourth-order valence-corrected chi connectivity index (χ4v) is 2.86. The summed E-state index contributed by atoms with van der Waals surface area (Å²) < 4.78 is 5.23. The van der Waals surface area contributed by atoms with Gasteiger partial charge in [0.2, 0.25) is 0 Å². The molecule has 2 rings (SSSR count). The van der Waals surface area contributed by atoms with Crippen LogP contribution >= 0.6 is 11.3 Å². The van der Waals surface area contributed by atoms with Gasteiger partial charge in [-0.2, -0.15) is 0 Å². The van der Waals surface area contributed by atoms with Gasteiger partial charge in [-0.1, -0.05) is 19.1 Å². The van der Waals surface area contributed by atoms with Crippen LogP contribution < -0.4 is 10.5 Å². The number of hydrogen-bond acceptors (Lipinski definition) is 4. The molecular formula is C14H18N2OS. The lowest BCUT2D eigenvalue weighted by molar-refractivity contribution is 0.415. The van der Waals surface area contributed by atoms with E-state index in [2.05, 4.69) is 17.3 Å². The van der Waals surface area contributed by atoms with Crippen molar-refractivity contribution in [3.8, 4) is 17.0 Å². The van der Waals surface area contributed by atoms with Crippen molar-refractivity contribution in [1.29, 1.82) is 0 Å². The number of rotatable bonds is 5. The molecule has 1 atom stereocenters. The number of methoxy groups -OCH3 is 1. The SMILES string of the molecule is CCC(CN)c1nc(-c2cccc(OC)c2)cs1. The summed E-state index contributed by atoms with van der Waals surface area (Å²) in [5.41, 5.74) is 7.84. The highest BCUT2D eigenvalue weighted by Crippen LogP contribution is 2.29. The summed E-state index contributed by atoms with van der Waals surface area (Å²) in [4.78, 5) is 4.68. The van der Waals surface area contributed by atoms with Crippen molar-refractivity contribution >= 4 is 11.3 Å². The molecule has 0 radical (unpaired) electrons. The third kappa shape index (κ3) is 2.71. The van der Waals surface area contributed by atoms with E-state index in [0.29, 0.717) is 12.5 Å². The van der Waals surface area contributed by atoms with E-state index >= 15 is 0 Å². The van der Waals surface area contributed by atoms with Gasteiger partial charge in [0.1, 0.15) is 5.75 Å². The molecule has 96 valence electrons. The van der Waals surface area contributed by atoms with Crippen LogP contribution in [0.5, 0.6) is 5.75 Å². The van der Waals surface area contributed by atoms with Crippen molar-refractivity contribution in [3.05, 3.63) is 34.7 Å². The molecule has 0 saturated carbocycles. The van der Waals surface area contributed by atoms with Crippen molar-refractivity contribution in [2.75, 3.05) is 13.7 Å². The predicted octanol–water partition coefficient (Wildman–Crippen LogP) is 3.27. The topological polar surface area (TPSA) is 48.1 Å². The Bertz CT molecular complexity index is 506. The summed E-state index contributed by atoms with van der Waals surface area (Å²) in [7, 11) is 1.67. The molecule has 0 fully saturated rings. The first-order valence-corrected chi connectivity index (χ1v) is 6.96. The Morgan fingerprint density at radius 2 is 2.28 bits per heavy atom. The van der Waals surface area contributed by atoms with Gasteiger partial charge in [0, 0.05) is 23.4 Å². The van der Waals surface area contributed by atoms with E-state index in [-0.39, 0.29) is 0 Å². The number of nitrogens with two attached hydrogens (primary N) is 1. The Balaban J connectivity index is 2.28. The van der Waals surface area contributed by atoms with Crippen molar-refractivity contribution in [2.45, 2.75) is 19.3 Å². The number of nitrogens with zero attached hydrogens (tertiary/aromatic N) is 1. The fourth-order valence-electron chi connectivity index (χ4n) is 1.83. The van der Waals surface area contributed by atoms with Crippen LogP contribution in [-0.4, -0.2) is 18.6 Å². The quantitative estimate of drug-likeness (QED) is 0.899. The molecule has 18 heavy (non-hydrogen) atoms. The van der Waals surface area contributed by atoms with Gasteiger partial charge in [0.05, 0.1) is 17.8 Å². The van der Waals surface area contributed by atoms with Crippen LogP contribution in [0.1, 0.15) is 24.3 Å². The molecule has 0 saturated heterocycles. The highest BCUT2D eigenvalue weighted by Gasteiger charge is 2.12. The molecule has 3 nitrogen and oxygen atoms in total. The number of benzene rings is 1. The number of aromatic nitrogens is 1. The molecule has 2 N–H and O–H groups in total. The number of hydrogen-bond donors (Lipinski definition) is 1. The molecule has 1 unspecified atom stereocenters. The standard InChI is InChI=1S/C14H18N2OS/c1-3-10(8-15)14-16-13(9-18-14)11-5-4-6-12(7-11)17-2/h4-7,9-10H,3,8,15H2,1-2H3. The third-order valence-electron chi connectivity index (χ3n) is 3.01. The summed E-state index contributed by atoms with van der Waals surface area (Å²) in [5.74, 6) is 1.22. The number of thiazole rings is 1. The molecule has 1 aromatic heterocycles. The third-order valence-corrected chi connectivity index (χ3v) is 4.02. The van der Waals surface area contributed by atoms with Gasteiger partial charge in [-0.15, -0.1) is 11.3 Å². The van der Waals surface area contributed by atoms with E-state index in [1.807, 2.05) is 24.3 Å². The smallest absolute Gasteiger partial charge is 0.119 e. The molecule has 0 aliphatic heterocycles. The van der Waals surface area contributed by atoms with E-state index < -0.39 is 0 Å². The molecular weight excluding hydrogens is 244 g/mol. The minimum Gasteiger partial charge on any atom is -0.497 e. The van der Waals surface area contributed by atoms with Crippen molar-refractivity contribution < 1.29 is 4.74 Å². The molecule has 0 aliphatic carbocycles. The molecule has 0 bridgehead atoms. The van der Waals surface area contributed by atoms with Crippen LogP contribution in [0.4, 0.5) is 0 Å². The first kappa shape index (κ1) is 13.1. The maximum Gasteiger partial charge on any atom is 0.119 e. The monoisotopic (exact) mass is 262 g/mol. The van der Waals surface area contributed by atoms with Crippen molar-refractivity contribution in [3.63, 3.8) is 0 Å². The second-order valence-corrected chi connectivity index (χ2v) is 5.03. The van der Waals surface area contributed by atoms with Crippen molar-refractivity contribution in [2.24, 2.45) is 5.73 Å². The van der Waals surface area contributed by atoms with Crippen LogP contribution in [0.25, 0.3) is 11.3 Å². The van der Waals surface area contributed by atoms with Crippen LogP contribution in [0.3, 0.4) is 0 Å². The van der Waals surface area contributed by atoms with E-state index in [1.165, 1.54) is 0 Å². The average Bonchev–Trinajstić information content (AvgIpc) is 2.90. The lowest BCUT2D eigenvalue weighted by Gasteiger charge is -2.07. The zero-order chi connectivity index (χ0) is 13.0. The second kappa shape index (κ2) is 5.98. The lowest BCUT2D eigenvalue weighted by atomic mass is 10.1. The fraction of sp³-hybridized carbons (Fsp3) is 0.357. The normalized spacial score (nSPS) is 12.4. The molecule has 4 heteroatoms. The molecule has 1 aromatic carbocycles. The van der Waals surface area contributed by atoms with Gasteiger partial charge in [-0.05, 0) is 18.6 Å². The number of ether oxygens (including phenoxy) is 1. The molecule has 0 spiro atoms. The summed E-state index contributed by atoms with van der Waals surface area (Å²) in [6.45, 7) is 2.80. The highest BCUT2D eigenvalue weighted by atomic mass is 32.1. The predicted molar refractivity (Wildman–Crippen MR) is 76.2 cm³/mol. The zero-order valence-corrected chi connectivity index (χ0v) is 11.5. The minimum atomic E-state index is 0.370. The van der Waals surface area contributed by atoms with Crippen LogP contribution in [-0.2, 0) is 0 Å². The Hall–Kier alpha value is -1.39. The molecule has 1 heterocycles. The van der Waals surface area contributed by atoms with Gasteiger partial charge in [-0.3, -0.25) is 0 Å². The van der Waals surface area contributed by atoms with E-state index in [1.54, 1.807) is 18.4 Å². The maximum absolute atomic E-state index is 5.76. The maximum atomic E-state index is 5.76. The zero-order valence-electron chi connectivity index (χ0n) is 10.7. The van der Waals surface area contributed by atoms with Gasteiger partial charge < -0.3 is 10.5 Å². The van der Waals surface area contributed by atoms with E-state index in [4.69, 9.17) is 10.5 Å². The van der Waals surface area contributed by atoms with Gasteiger partial charge in [-0.25, -0.2) is 4.98 Å². The van der Waals surface area contributed by atoms with Gasteiger partial charge >= 0.3 is 0 Å². The molecule has 0 aliphatic rings. The average molecular weight is 262 g/mol. The summed E-state index contributed by atoms with van der Waals surface area (Å²) in [6, 6.07) is 7.96. The molecule has 2 aromatic rings. The summed E-state index contributed by atoms with van der Waals surface area (Å²) in [5, 5.41) is 3.21. The van der Waals surface area contributed by atoms with Gasteiger partial charge in [0.25, 0.3) is 0 Å². The largest absolute Gasteiger partial charge is 0.497 e. The van der Waals surface area contributed by atoms with Crippen molar-refractivity contribution in [1.82, 2.24) is 4.98 Å². The van der Waals surface area contributed by atoms with E-state index in [9.17, 15) is 0 Å². The highest BCUT2D eigenvalue weighted by molar-refractivity contribution is 7.10. The van der Waals surface area contributed by atoms with Gasteiger partial charge in [0.15, 0.2) is 0 Å². The second-order valence-electron chi connectivity index (χ2n) is 4.14. The minimum absolute atomic E-state index is 0.370. The first-order chi connectivity index (χ1) is 8.78. The van der Waals surface area contributed by atoms with Crippen LogP contribution in [0, 0.1) is 0 Å². The van der Waals surface area contributed by atoms with Crippen LogP contribution in [0.15, 0.2) is 29.6 Å². The Morgan fingerprint density at radius 3 is 2.94 bits per heavy atom. The summed E-state index contributed by atoms with van der Waals surface area (Å²) in [6.07, 6.45) is 1.03. The molecule has 0 amide bonds. The first-order valence-electron chi connectivity index (χ1n) is 6.08. The van der Waals surface area contributed by atoms with Crippen LogP contribution in [0.2, 0.25) is 0 Å². The van der Waals surface area contributed by atoms with E-state index in [0.717, 1.165) is 28.4 Å².